The Kier molecular flexibility index (Phi) is 8.08. The van der Waals surface area contributed by atoms with Gasteiger partial charge in [0.05, 0.1) is 6.04 Å². The summed E-state index contributed by atoms with van der Waals surface area (Å²) >= 11 is 0. The number of carbonyl (C=O) groups excluding carboxylic acids is 2. The number of hydrogen-bond donors (Lipinski definition) is 1. The second kappa shape index (κ2) is 8.55. The normalized spacial score (nSPS) is 21.3. The second-order valence-electron chi connectivity index (χ2n) is 8.81. The van der Waals surface area contributed by atoms with E-state index >= 15 is 0 Å². The fourth-order valence-electron chi connectivity index (χ4n) is 2.27. The summed E-state index contributed by atoms with van der Waals surface area (Å²) in [4.78, 5) is 24.9. The maximum absolute atomic E-state index is 11.6. The number of carbonyl (C=O) groups is 2. The van der Waals surface area contributed by atoms with Crippen molar-refractivity contribution in [3.05, 3.63) is 0 Å². The topological polar surface area (TPSA) is 58.6 Å². The van der Waals surface area contributed by atoms with Crippen LogP contribution in [-0.4, -0.2) is 41.1 Å². The van der Waals surface area contributed by atoms with Crippen LogP contribution < -0.4 is 5.32 Å². The molecule has 0 aliphatic carbocycles. The Bertz CT molecular complexity index is 388. The van der Waals surface area contributed by atoms with Crippen LogP contribution in [0.1, 0.15) is 75.2 Å². The number of amides is 2. The Morgan fingerprint density at radius 1 is 1.13 bits per heavy atom. The molecule has 1 N–H and O–H groups in total. The zero-order chi connectivity index (χ0) is 18.4. The SMILES string of the molecule is CC(C)(C)C.CC[C@@H]1C[C@H](NC(=O)OC(C)(C)C)CN1C(C)=O. The lowest BCUT2D eigenvalue weighted by atomic mass is 10.0. The highest BCUT2D eigenvalue weighted by Gasteiger charge is 2.33. The lowest BCUT2D eigenvalue weighted by molar-refractivity contribution is -0.129. The molecule has 1 rings (SSSR count). The molecule has 23 heavy (non-hydrogen) atoms. The third-order valence-corrected chi connectivity index (χ3v) is 3.01. The van der Waals surface area contributed by atoms with E-state index in [2.05, 4.69) is 39.9 Å². The quantitative estimate of drug-likeness (QED) is 0.834. The zero-order valence-corrected chi connectivity index (χ0v) is 16.4. The molecule has 0 saturated carbocycles. The zero-order valence-electron chi connectivity index (χ0n) is 16.4. The van der Waals surface area contributed by atoms with Crippen LogP contribution in [0.25, 0.3) is 0 Å². The number of rotatable bonds is 2. The molecule has 0 aromatic rings. The van der Waals surface area contributed by atoms with Crippen LogP contribution in [-0.2, 0) is 9.53 Å². The van der Waals surface area contributed by atoms with Gasteiger partial charge >= 0.3 is 6.09 Å². The van der Waals surface area contributed by atoms with Crippen molar-refractivity contribution in [3.8, 4) is 0 Å². The first-order valence-corrected chi connectivity index (χ1v) is 8.49. The van der Waals surface area contributed by atoms with Gasteiger partial charge in [-0.1, -0.05) is 34.6 Å². The van der Waals surface area contributed by atoms with Crippen LogP contribution in [0.15, 0.2) is 0 Å². The third-order valence-electron chi connectivity index (χ3n) is 3.01. The molecule has 136 valence electrons. The van der Waals surface area contributed by atoms with Crippen molar-refractivity contribution in [3.63, 3.8) is 0 Å². The molecule has 0 spiro atoms. The Morgan fingerprint density at radius 2 is 1.61 bits per heavy atom. The Labute approximate surface area is 142 Å². The number of hydrogen-bond acceptors (Lipinski definition) is 3. The van der Waals surface area contributed by atoms with E-state index in [1.54, 1.807) is 6.92 Å². The molecule has 5 nitrogen and oxygen atoms in total. The average molecular weight is 328 g/mol. The molecule has 5 heteroatoms. The number of nitrogens with one attached hydrogen (secondary N) is 1. The van der Waals surface area contributed by atoms with E-state index in [1.807, 2.05) is 25.7 Å². The van der Waals surface area contributed by atoms with Crippen molar-refractivity contribution in [2.75, 3.05) is 6.54 Å². The molecule has 2 atom stereocenters. The summed E-state index contributed by atoms with van der Waals surface area (Å²) < 4.78 is 5.21. The van der Waals surface area contributed by atoms with Crippen LogP contribution in [0.2, 0.25) is 0 Å². The number of alkyl carbamates (subject to hydrolysis) is 1. The molecular formula is C18H36N2O3. The second-order valence-corrected chi connectivity index (χ2v) is 8.81. The molecule has 0 radical (unpaired) electrons. The largest absolute Gasteiger partial charge is 0.444 e. The van der Waals surface area contributed by atoms with E-state index in [4.69, 9.17) is 4.74 Å². The maximum atomic E-state index is 11.6. The van der Waals surface area contributed by atoms with Crippen molar-refractivity contribution in [2.45, 2.75) is 92.8 Å². The summed E-state index contributed by atoms with van der Waals surface area (Å²) in [5.41, 5.74) is 0.00705. The van der Waals surface area contributed by atoms with Gasteiger partial charge in [-0.2, -0.15) is 0 Å². The van der Waals surface area contributed by atoms with Gasteiger partial charge < -0.3 is 15.0 Å². The highest BCUT2D eigenvalue weighted by atomic mass is 16.6. The number of nitrogens with zero attached hydrogens (tertiary/aromatic N) is 1. The standard InChI is InChI=1S/C13H24N2O3.C5H12/c1-6-11-7-10(8-15(11)9(2)16)14-12(17)18-13(3,4)5;1-5(2,3)4/h10-11H,6-8H2,1-5H3,(H,14,17);1-4H3/t10-,11+;/m0./s1. The minimum atomic E-state index is -0.493. The van der Waals surface area contributed by atoms with Gasteiger partial charge in [-0.3, -0.25) is 4.79 Å². The molecule has 2 amide bonds. The molecule has 1 aliphatic heterocycles. The summed E-state index contributed by atoms with van der Waals surface area (Å²) in [6.07, 6.45) is 1.30. The lowest BCUT2D eigenvalue weighted by Crippen LogP contribution is -2.41. The van der Waals surface area contributed by atoms with Gasteiger partial charge in [-0.25, -0.2) is 4.79 Å². The van der Waals surface area contributed by atoms with Gasteiger partial charge in [0.25, 0.3) is 0 Å². The first-order valence-electron chi connectivity index (χ1n) is 8.49. The lowest BCUT2D eigenvalue weighted by Gasteiger charge is -2.22. The van der Waals surface area contributed by atoms with Crippen molar-refractivity contribution in [2.24, 2.45) is 5.41 Å². The molecule has 1 fully saturated rings. The van der Waals surface area contributed by atoms with Gasteiger partial charge in [0.15, 0.2) is 0 Å². The van der Waals surface area contributed by atoms with E-state index in [1.165, 1.54) is 0 Å². The fourth-order valence-corrected chi connectivity index (χ4v) is 2.27. The van der Waals surface area contributed by atoms with Gasteiger partial charge in [-0.15, -0.1) is 0 Å². The average Bonchev–Trinajstić information content (AvgIpc) is 2.67. The minimum Gasteiger partial charge on any atom is -0.444 e. The number of ether oxygens (including phenoxy) is 1. The molecular weight excluding hydrogens is 292 g/mol. The van der Waals surface area contributed by atoms with Gasteiger partial charge in [0.2, 0.25) is 5.91 Å². The van der Waals surface area contributed by atoms with Crippen molar-refractivity contribution < 1.29 is 14.3 Å². The van der Waals surface area contributed by atoms with Crippen LogP contribution in [0.4, 0.5) is 4.79 Å². The molecule has 1 aliphatic rings. The van der Waals surface area contributed by atoms with E-state index in [-0.39, 0.29) is 18.0 Å². The van der Waals surface area contributed by atoms with Crippen molar-refractivity contribution in [1.29, 1.82) is 0 Å². The highest BCUT2D eigenvalue weighted by Crippen LogP contribution is 2.21. The maximum Gasteiger partial charge on any atom is 0.407 e. The summed E-state index contributed by atoms with van der Waals surface area (Å²) in [7, 11) is 0. The highest BCUT2D eigenvalue weighted by molar-refractivity contribution is 5.74. The van der Waals surface area contributed by atoms with E-state index < -0.39 is 11.7 Å². The van der Waals surface area contributed by atoms with Gasteiger partial charge in [0.1, 0.15) is 5.60 Å². The predicted molar refractivity (Wildman–Crippen MR) is 94.4 cm³/mol. The minimum absolute atomic E-state index is 0.00583. The van der Waals surface area contributed by atoms with Crippen LogP contribution >= 0.6 is 0 Å². The molecule has 0 bridgehead atoms. The van der Waals surface area contributed by atoms with E-state index in [0.29, 0.717) is 12.0 Å². The summed E-state index contributed by atoms with van der Waals surface area (Å²) in [6, 6.07) is 0.219. The summed E-state index contributed by atoms with van der Waals surface area (Å²) in [5, 5.41) is 2.83. The molecule has 1 saturated heterocycles. The van der Waals surface area contributed by atoms with Crippen LogP contribution in [0.3, 0.4) is 0 Å². The molecule has 0 aromatic heterocycles. The van der Waals surface area contributed by atoms with Crippen molar-refractivity contribution >= 4 is 12.0 Å². The smallest absolute Gasteiger partial charge is 0.407 e. The number of likely N-dealkylation sites (tertiary alicyclic amines) is 1. The van der Waals surface area contributed by atoms with E-state index in [9.17, 15) is 9.59 Å². The Morgan fingerprint density at radius 3 is 1.91 bits per heavy atom. The van der Waals surface area contributed by atoms with Crippen molar-refractivity contribution in [1.82, 2.24) is 10.2 Å². The first kappa shape index (κ1) is 21.7. The molecule has 0 aromatic carbocycles. The van der Waals surface area contributed by atoms with Crippen LogP contribution in [0, 0.1) is 5.41 Å². The van der Waals surface area contributed by atoms with Crippen LogP contribution in [0.5, 0.6) is 0 Å². The Hall–Kier alpha value is -1.26. The summed E-state index contributed by atoms with van der Waals surface area (Å²) in [5.74, 6) is 0.0651. The van der Waals surface area contributed by atoms with E-state index in [0.717, 1.165) is 12.8 Å². The molecule has 0 unspecified atom stereocenters. The van der Waals surface area contributed by atoms with Gasteiger partial charge in [0, 0.05) is 19.5 Å². The summed E-state index contributed by atoms with van der Waals surface area (Å²) in [6.45, 7) is 18.4. The Balaban J connectivity index is 0.000000841. The molecule has 1 heterocycles. The third kappa shape index (κ3) is 11.0. The monoisotopic (exact) mass is 328 g/mol. The predicted octanol–water partition coefficient (Wildman–Crippen LogP) is 3.96. The first-order chi connectivity index (χ1) is 10.2. The van der Waals surface area contributed by atoms with Gasteiger partial charge in [-0.05, 0) is 39.0 Å². The fraction of sp³-hybridized carbons (Fsp3) is 0.889.